The van der Waals surface area contributed by atoms with Gasteiger partial charge in [-0.1, -0.05) is 6.07 Å². The number of aryl methyl sites for hydroxylation is 1. The van der Waals surface area contributed by atoms with Crippen LogP contribution in [0, 0.1) is 6.92 Å². The van der Waals surface area contributed by atoms with Crippen LogP contribution in [0.25, 0.3) is 5.69 Å². The highest BCUT2D eigenvalue weighted by Gasteiger charge is 2.12. The second-order valence-electron chi connectivity index (χ2n) is 3.56. The van der Waals surface area contributed by atoms with Crippen LogP contribution in [-0.2, 0) is 4.74 Å². The lowest BCUT2D eigenvalue weighted by Crippen LogP contribution is -2.06. The molecule has 0 amide bonds. The van der Waals surface area contributed by atoms with Crippen molar-refractivity contribution >= 4 is 11.7 Å². The summed E-state index contributed by atoms with van der Waals surface area (Å²) in [7, 11) is 1.30. The molecule has 2 rings (SSSR count). The molecular formula is C11H12N4O2. The van der Waals surface area contributed by atoms with Crippen LogP contribution in [0.4, 0.5) is 5.69 Å². The molecule has 0 saturated heterocycles. The third-order valence-electron chi connectivity index (χ3n) is 2.34. The number of rotatable bonds is 2. The maximum Gasteiger partial charge on any atom is 0.360 e. The Hall–Kier alpha value is -2.37. The molecule has 0 fully saturated rings. The molecule has 0 radical (unpaired) electrons. The zero-order valence-electron chi connectivity index (χ0n) is 9.54. The predicted octanol–water partition coefficient (Wildman–Crippen LogP) is 0.945. The van der Waals surface area contributed by atoms with Crippen LogP contribution in [0.2, 0.25) is 0 Å². The largest absolute Gasteiger partial charge is 0.464 e. The van der Waals surface area contributed by atoms with E-state index in [0.29, 0.717) is 5.69 Å². The van der Waals surface area contributed by atoms with Crippen molar-refractivity contribution in [1.29, 1.82) is 0 Å². The Morgan fingerprint density at radius 2 is 2.24 bits per heavy atom. The van der Waals surface area contributed by atoms with Gasteiger partial charge in [-0.05, 0) is 24.6 Å². The molecule has 0 aliphatic heterocycles. The number of hydrogen-bond acceptors (Lipinski definition) is 5. The van der Waals surface area contributed by atoms with Gasteiger partial charge in [-0.2, -0.15) is 9.90 Å². The minimum Gasteiger partial charge on any atom is -0.464 e. The zero-order chi connectivity index (χ0) is 12.4. The van der Waals surface area contributed by atoms with E-state index in [1.165, 1.54) is 18.1 Å². The van der Waals surface area contributed by atoms with E-state index in [1.807, 2.05) is 13.0 Å². The number of methoxy groups -OCH3 is 1. The molecule has 1 heterocycles. The van der Waals surface area contributed by atoms with Crippen LogP contribution in [0.5, 0.6) is 0 Å². The second kappa shape index (κ2) is 4.25. The summed E-state index contributed by atoms with van der Waals surface area (Å²) in [5.74, 6) is -0.516. The first-order valence-electron chi connectivity index (χ1n) is 4.99. The monoisotopic (exact) mass is 232 g/mol. The van der Waals surface area contributed by atoms with E-state index in [-0.39, 0.29) is 5.69 Å². The second-order valence-corrected chi connectivity index (χ2v) is 3.56. The zero-order valence-corrected chi connectivity index (χ0v) is 9.54. The van der Waals surface area contributed by atoms with Gasteiger partial charge >= 0.3 is 5.97 Å². The van der Waals surface area contributed by atoms with Crippen LogP contribution in [-0.4, -0.2) is 28.1 Å². The predicted molar refractivity (Wildman–Crippen MR) is 61.8 cm³/mol. The Kier molecular flexibility index (Phi) is 2.78. The molecule has 0 aliphatic carbocycles. The Morgan fingerprint density at radius 1 is 1.47 bits per heavy atom. The molecule has 0 aliphatic rings. The standard InChI is InChI=1S/C11H12N4O2/c1-7-3-4-8(12)5-10(7)15-13-6-9(14-15)11(16)17-2/h3-6H,12H2,1-2H3. The highest BCUT2D eigenvalue weighted by Crippen LogP contribution is 2.15. The topological polar surface area (TPSA) is 83.0 Å². The molecule has 1 aromatic carbocycles. The summed E-state index contributed by atoms with van der Waals surface area (Å²) < 4.78 is 4.56. The van der Waals surface area contributed by atoms with Crippen molar-refractivity contribution in [2.45, 2.75) is 6.92 Å². The van der Waals surface area contributed by atoms with Crippen LogP contribution in [0.1, 0.15) is 16.1 Å². The summed E-state index contributed by atoms with van der Waals surface area (Å²) in [5.41, 5.74) is 8.17. The number of hydrogen-bond donors (Lipinski definition) is 1. The van der Waals surface area contributed by atoms with E-state index < -0.39 is 5.97 Å². The first-order chi connectivity index (χ1) is 8.11. The Balaban J connectivity index is 2.43. The fourth-order valence-electron chi connectivity index (χ4n) is 1.42. The third-order valence-corrected chi connectivity index (χ3v) is 2.34. The van der Waals surface area contributed by atoms with Crippen LogP contribution in [0.3, 0.4) is 0 Å². The lowest BCUT2D eigenvalue weighted by atomic mass is 10.2. The number of carbonyl (C=O) groups excluding carboxylic acids is 1. The van der Waals surface area contributed by atoms with Gasteiger partial charge in [0, 0.05) is 5.69 Å². The highest BCUT2D eigenvalue weighted by atomic mass is 16.5. The smallest absolute Gasteiger partial charge is 0.360 e. The minimum atomic E-state index is -0.516. The molecule has 6 nitrogen and oxygen atoms in total. The number of aromatic nitrogens is 3. The molecule has 88 valence electrons. The maximum atomic E-state index is 11.2. The Morgan fingerprint density at radius 3 is 2.94 bits per heavy atom. The van der Waals surface area contributed by atoms with E-state index in [2.05, 4.69) is 14.9 Å². The van der Waals surface area contributed by atoms with Gasteiger partial charge in [0.25, 0.3) is 0 Å². The quantitative estimate of drug-likeness (QED) is 0.615. The number of benzene rings is 1. The average Bonchev–Trinajstić information content (AvgIpc) is 2.80. The molecule has 17 heavy (non-hydrogen) atoms. The van der Waals surface area contributed by atoms with E-state index in [9.17, 15) is 4.79 Å². The Bertz CT molecular complexity index is 562. The minimum absolute atomic E-state index is 0.161. The molecule has 6 heteroatoms. The molecule has 1 aromatic heterocycles. The van der Waals surface area contributed by atoms with Gasteiger partial charge in [0.15, 0.2) is 5.69 Å². The molecular weight excluding hydrogens is 220 g/mol. The lowest BCUT2D eigenvalue weighted by molar-refractivity contribution is 0.0593. The van der Waals surface area contributed by atoms with Crippen LogP contribution in [0.15, 0.2) is 24.4 Å². The van der Waals surface area contributed by atoms with E-state index in [1.54, 1.807) is 12.1 Å². The van der Waals surface area contributed by atoms with Crippen molar-refractivity contribution in [1.82, 2.24) is 15.0 Å². The van der Waals surface area contributed by atoms with E-state index in [4.69, 9.17) is 5.73 Å². The van der Waals surface area contributed by atoms with Crippen molar-refractivity contribution in [3.05, 3.63) is 35.7 Å². The first-order valence-corrected chi connectivity index (χ1v) is 4.99. The van der Waals surface area contributed by atoms with Gasteiger partial charge in [-0.3, -0.25) is 0 Å². The summed E-state index contributed by atoms with van der Waals surface area (Å²) in [6.07, 6.45) is 1.36. The van der Waals surface area contributed by atoms with Gasteiger partial charge in [0.05, 0.1) is 19.0 Å². The number of nitrogens with two attached hydrogens (primary N) is 1. The molecule has 2 N–H and O–H groups in total. The third kappa shape index (κ3) is 2.10. The molecule has 0 atom stereocenters. The number of ether oxygens (including phenoxy) is 1. The molecule has 0 bridgehead atoms. The van der Waals surface area contributed by atoms with E-state index >= 15 is 0 Å². The van der Waals surface area contributed by atoms with Crippen molar-refractivity contribution < 1.29 is 9.53 Å². The summed E-state index contributed by atoms with van der Waals surface area (Å²) in [4.78, 5) is 12.6. The van der Waals surface area contributed by atoms with E-state index in [0.717, 1.165) is 11.3 Å². The lowest BCUT2D eigenvalue weighted by Gasteiger charge is -2.04. The first kappa shape index (κ1) is 11.1. The van der Waals surface area contributed by atoms with Gasteiger partial charge in [0.2, 0.25) is 0 Å². The fourth-order valence-corrected chi connectivity index (χ4v) is 1.42. The van der Waals surface area contributed by atoms with Crippen molar-refractivity contribution in [2.75, 3.05) is 12.8 Å². The van der Waals surface area contributed by atoms with Gasteiger partial charge < -0.3 is 10.5 Å². The summed E-state index contributed by atoms with van der Waals surface area (Å²) in [6, 6.07) is 5.41. The number of anilines is 1. The van der Waals surface area contributed by atoms with Crippen molar-refractivity contribution in [3.63, 3.8) is 0 Å². The highest BCUT2D eigenvalue weighted by molar-refractivity contribution is 5.86. The fraction of sp³-hybridized carbons (Fsp3) is 0.182. The summed E-state index contributed by atoms with van der Waals surface area (Å²) >= 11 is 0. The molecule has 2 aromatic rings. The summed E-state index contributed by atoms with van der Waals surface area (Å²) in [5, 5.41) is 8.04. The summed E-state index contributed by atoms with van der Waals surface area (Å²) in [6.45, 7) is 1.91. The number of nitrogens with zero attached hydrogens (tertiary/aromatic N) is 3. The Labute approximate surface area is 98.0 Å². The SMILES string of the molecule is COC(=O)c1cnn(-c2cc(N)ccc2C)n1. The normalized spacial score (nSPS) is 10.2. The number of esters is 1. The average molecular weight is 232 g/mol. The van der Waals surface area contributed by atoms with Crippen molar-refractivity contribution in [3.8, 4) is 5.69 Å². The van der Waals surface area contributed by atoms with Crippen LogP contribution < -0.4 is 5.73 Å². The van der Waals surface area contributed by atoms with Gasteiger partial charge in [0.1, 0.15) is 0 Å². The van der Waals surface area contributed by atoms with Crippen molar-refractivity contribution in [2.24, 2.45) is 0 Å². The number of nitrogen functional groups attached to an aromatic ring is 1. The van der Waals surface area contributed by atoms with Crippen LogP contribution >= 0.6 is 0 Å². The number of carbonyl (C=O) groups is 1. The van der Waals surface area contributed by atoms with Gasteiger partial charge in [-0.25, -0.2) is 4.79 Å². The maximum absolute atomic E-state index is 11.2. The molecule has 0 saturated carbocycles. The molecule has 0 unspecified atom stereocenters. The molecule has 0 spiro atoms. The van der Waals surface area contributed by atoms with Gasteiger partial charge in [-0.15, -0.1) is 5.10 Å².